The summed E-state index contributed by atoms with van der Waals surface area (Å²) >= 11 is 0. The van der Waals surface area contributed by atoms with Crippen LogP contribution in [0.5, 0.6) is 0 Å². The molecular formula is C21H31N5. The van der Waals surface area contributed by atoms with Crippen LogP contribution < -0.4 is 5.32 Å². The Kier molecular flexibility index (Phi) is 5.35. The van der Waals surface area contributed by atoms with Crippen LogP contribution in [-0.2, 0) is 12.5 Å². The van der Waals surface area contributed by atoms with Crippen molar-refractivity contribution in [1.82, 2.24) is 20.0 Å². The Balaban J connectivity index is 1.60. The Morgan fingerprint density at radius 1 is 1.31 bits per heavy atom. The third-order valence-electron chi connectivity index (χ3n) is 5.42. The lowest BCUT2D eigenvalue weighted by Crippen LogP contribution is -2.45. The number of nitrogens with zero attached hydrogens (tertiary/aromatic N) is 4. The minimum absolute atomic E-state index is 0.0477. The molecule has 0 amide bonds. The number of hydrogen-bond donors (Lipinski definition) is 1. The van der Waals surface area contributed by atoms with Gasteiger partial charge in [0, 0.05) is 51.3 Å². The quantitative estimate of drug-likeness (QED) is 0.679. The number of aliphatic imine (C=N–C) groups is 1. The highest BCUT2D eigenvalue weighted by Crippen LogP contribution is 2.27. The van der Waals surface area contributed by atoms with Crippen molar-refractivity contribution >= 4 is 5.96 Å². The van der Waals surface area contributed by atoms with E-state index in [2.05, 4.69) is 71.5 Å². The van der Waals surface area contributed by atoms with E-state index in [0.717, 1.165) is 32.0 Å². The standard InChI is InChI=1S/C21H31N5/c1-16-6-8-19(9-7-16)21(2,3)15-23-20(22-4)26-11-10-17(14-26)18-12-24-25(5)13-18/h6-9,12-13,17H,10-11,14-15H2,1-5H3,(H,22,23). The minimum atomic E-state index is 0.0477. The lowest BCUT2D eigenvalue weighted by Gasteiger charge is -2.29. The first-order valence-electron chi connectivity index (χ1n) is 9.40. The SMILES string of the molecule is CN=C(NCC(C)(C)c1ccc(C)cc1)N1CCC(c2cnn(C)c2)C1. The van der Waals surface area contributed by atoms with E-state index in [9.17, 15) is 0 Å². The fraction of sp³-hybridized carbons (Fsp3) is 0.524. The molecule has 1 saturated heterocycles. The van der Waals surface area contributed by atoms with Crippen molar-refractivity contribution in [2.24, 2.45) is 12.0 Å². The first kappa shape index (κ1) is 18.5. The van der Waals surface area contributed by atoms with Crippen molar-refractivity contribution in [2.75, 3.05) is 26.7 Å². The molecular weight excluding hydrogens is 322 g/mol. The van der Waals surface area contributed by atoms with Gasteiger partial charge < -0.3 is 10.2 Å². The zero-order valence-electron chi connectivity index (χ0n) is 16.7. The molecule has 0 spiro atoms. The number of benzene rings is 1. The van der Waals surface area contributed by atoms with Crippen molar-refractivity contribution in [3.05, 3.63) is 53.3 Å². The Bertz CT molecular complexity index is 757. The Morgan fingerprint density at radius 3 is 2.65 bits per heavy atom. The Hall–Kier alpha value is -2.30. The van der Waals surface area contributed by atoms with Crippen LogP contribution in [0.25, 0.3) is 0 Å². The van der Waals surface area contributed by atoms with E-state index >= 15 is 0 Å². The van der Waals surface area contributed by atoms with Gasteiger partial charge in [0.25, 0.3) is 0 Å². The maximum atomic E-state index is 4.52. The summed E-state index contributed by atoms with van der Waals surface area (Å²) in [6, 6.07) is 8.83. The third-order valence-corrected chi connectivity index (χ3v) is 5.42. The molecule has 0 radical (unpaired) electrons. The number of aryl methyl sites for hydroxylation is 2. The van der Waals surface area contributed by atoms with Crippen LogP contribution in [0.3, 0.4) is 0 Å². The number of likely N-dealkylation sites (tertiary alicyclic amines) is 1. The van der Waals surface area contributed by atoms with Gasteiger partial charge in [0.1, 0.15) is 0 Å². The summed E-state index contributed by atoms with van der Waals surface area (Å²) < 4.78 is 1.88. The predicted octanol–water partition coefficient (Wildman–Crippen LogP) is 3.07. The molecule has 0 aliphatic carbocycles. The monoisotopic (exact) mass is 353 g/mol. The van der Waals surface area contributed by atoms with Gasteiger partial charge >= 0.3 is 0 Å². The molecule has 1 aliphatic rings. The zero-order valence-corrected chi connectivity index (χ0v) is 16.7. The van der Waals surface area contributed by atoms with E-state index in [4.69, 9.17) is 0 Å². The van der Waals surface area contributed by atoms with Gasteiger partial charge in [-0.3, -0.25) is 9.67 Å². The fourth-order valence-electron chi connectivity index (χ4n) is 3.61. The molecule has 2 aromatic rings. The van der Waals surface area contributed by atoms with E-state index in [1.54, 1.807) is 0 Å². The summed E-state index contributed by atoms with van der Waals surface area (Å²) in [6.07, 6.45) is 5.27. The molecule has 1 N–H and O–H groups in total. The molecule has 1 unspecified atom stereocenters. The van der Waals surface area contributed by atoms with E-state index in [-0.39, 0.29) is 5.41 Å². The molecule has 1 aliphatic heterocycles. The van der Waals surface area contributed by atoms with Crippen LogP contribution in [-0.4, -0.2) is 47.3 Å². The van der Waals surface area contributed by atoms with Gasteiger partial charge in [-0.05, 0) is 24.5 Å². The van der Waals surface area contributed by atoms with Crippen LogP contribution in [0.1, 0.15) is 42.9 Å². The molecule has 1 aromatic carbocycles. The van der Waals surface area contributed by atoms with Gasteiger partial charge in [-0.25, -0.2) is 0 Å². The summed E-state index contributed by atoms with van der Waals surface area (Å²) in [5.74, 6) is 1.53. The van der Waals surface area contributed by atoms with Crippen molar-refractivity contribution in [3.63, 3.8) is 0 Å². The number of hydrogen-bond acceptors (Lipinski definition) is 2. The highest BCUT2D eigenvalue weighted by molar-refractivity contribution is 5.80. The summed E-state index contributed by atoms with van der Waals surface area (Å²) in [5.41, 5.74) is 4.02. The number of guanidine groups is 1. The molecule has 0 bridgehead atoms. The van der Waals surface area contributed by atoms with Gasteiger partial charge in [0.05, 0.1) is 6.20 Å². The first-order chi connectivity index (χ1) is 12.4. The zero-order chi connectivity index (χ0) is 18.7. The molecule has 1 fully saturated rings. The van der Waals surface area contributed by atoms with Gasteiger partial charge in [-0.2, -0.15) is 5.10 Å². The van der Waals surface area contributed by atoms with E-state index in [1.807, 2.05) is 25.0 Å². The fourth-order valence-corrected chi connectivity index (χ4v) is 3.61. The molecule has 140 valence electrons. The van der Waals surface area contributed by atoms with Crippen molar-refractivity contribution < 1.29 is 0 Å². The van der Waals surface area contributed by atoms with Gasteiger partial charge in [-0.15, -0.1) is 0 Å². The molecule has 0 saturated carbocycles. The first-order valence-corrected chi connectivity index (χ1v) is 9.40. The average Bonchev–Trinajstić information content (AvgIpc) is 3.25. The second-order valence-corrected chi connectivity index (χ2v) is 8.03. The Labute approximate surface area is 157 Å². The largest absolute Gasteiger partial charge is 0.355 e. The van der Waals surface area contributed by atoms with Crippen LogP contribution in [0, 0.1) is 6.92 Å². The number of nitrogens with one attached hydrogen (secondary N) is 1. The summed E-state index contributed by atoms with van der Waals surface area (Å²) in [6.45, 7) is 9.57. The smallest absolute Gasteiger partial charge is 0.193 e. The number of aromatic nitrogens is 2. The van der Waals surface area contributed by atoms with E-state index in [0.29, 0.717) is 5.92 Å². The third kappa shape index (κ3) is 4.09. The van der Waals surface area contributed by atoms with Gasteiger partial charge in [-0.1, -0.05) is 43.7 Å². The van der Waals surface area contributed by atoms with Crippen molar-refractivity contribution in [2.45, 2.75) is 38.5 Å². The lowest BCUT2D eigenvalue weighted by atomic mass is 9.84. The average molecular weight is 354 g/mol. The van der Waals surface area contributed by atoms with Gasteiger partial charge in [0.2, 0.25) is 0 Å². The van der Waals surface area contributed by atoms with Crippen LogP contribution in [0.15, 0.2) is 41.7 Å². The minimum Gasteiger partial charge on any atom is -0.355 e. The normalized spacial score (nSPS) is 18.4. The summed E-state index contributed by atoms with van der Waals surface area (Å²) in [7, 11) is 3.85. The Morgan fingerprint density at radius 2 is 2.04 bits per heavy atom. The lowest BCUT2D eigenvalue weighted by molar-refractivity contribution is 0.454. The van der Waals surface area contributed by atoms with Crippen LogP contribution >= 0.6 is 0 Å². The van der Waals surface area contributed by atoms with Crippen molar-refractivity contribution in [3.8, 4) is 0 Å². The summed E-state index contributed by atoms with van der Waals surface area (Å²) in [5, 5.41) is 7.91. The highest BCUT2D eigenvalue weighted by Gasteiger charge is 2.28. The molecule has 5 heteroatoms. The van der Waals surface area contributed by atoms with Crippen molar-refractivity contribution in [1.29, 1.82) is 0 Å². The summed E-state index contributed by atoms with van der Waals surface area (Å²) in [4.78, 5) is 6.89. The van der Waals surface area contributed by atoms with Crippen LogP contribution in [0.2, 0.25) is 0 Å². The van der Waals surface area contributed by atoms with E-state index < -0.39 is 0 Å². The molecule has 26 heavy (non-hydrogen) atoms. The maximum Gasteiger partial charge on any atom is 0.193 e. The van der Waals surface area contributed by atoms with Crippen LogP contribution in [0.4, 0.5) is 0 Å². The molecule has 2 heterocycles. The van der Waals surface area contributed by atoms with E-state index in [1.165, 1.54) is 16.7 Å². The second kappa shape index (κ2) is 7.52. The highest BCUT2D eigenvalue weighted by atomic mass is 15.3. The van der Waals surface area contributed by atoms with Gasteiger partial charge in [0.15, 0.2) is 5.96 Å². The predicted molar refractivity (Wildman–Crippen MR) is 108 cm³/mol. The molecule has 1 atom stereocenters. The maximum absolute atomic E-state index is 4.52. The molecule has 3 rings (SSSR count). The second-order valence-electron chi connectivity index (χ2n) is 8.03. The number of rotatable bonds is 4. The molecule has 1 aromatic heterocycles. The topological polar surface area (TPSA) is 45.5 Å². The molecule has 5 nitrogen and oxygen atoms in total.